The SMILES string of the molecule is CCOC(=O)c1ncn2c1CN=C(c1ccccc1Br)c1cc(F)ccc1-2. The van der Waals surface area contributed by atoms with Gasteiger partial charge in [0.1, 0.15) is 12.1 Å². The first-order chi connectivity index (χ1) is 13.1. The molecule has 1 aliphatic heterocycles. The first kappa shape index (κ1) is 17.6. The van der Waals surface area contributed by atoms with Gasteiger partial charge < -0.3 is 4.74 Å². The number of benzene rings is 2. The average Bonchev–Trinajstić information content (AvgIpc) is 3.01. The number of halogens is 2. The van der Waals surface area contributed by atoms with Crippen LogP contribution in [0.5, 0.6) is 0 Å². The summed E-state index contributed by atoms with van der Waals surface area (Å²) >= 11 is 3.54. The molecule has 0 N–H and O–H groups in total. The van der Waals surface area contributed by atoms with Gasteiger partial charge in [-0.25, -0.2) is 14.2 Å². The van der Waals surface area contributed by atoms with Crippen LogP contribution >= 0.6 is 15.9 Å². The van der Waals surface area contributed by atoms with Crippen molar-refractivity contribution >= 4 is 27.6 Å². The van der Waals surface area contributed by atoms with Crippen molar-refractivity contribution in [1.82, 2.24) is 9.55 Å². The van der Waals surface area contributed by atoms with E-state index in [1.54, 1.807) is 23.9 Å². The smallest absolute Gasteiger partial charge is 0.358 e. The Hall–Kier alpha value is -2.80. The van der Waals surface area contributed by atoms with Gasteiger partial charge in [-0.2, -0.15) is 0 Å². The Kier molecular flexibility index (Phi) is 4.61. The summed E-state index contributed by atoms with van der Waals surface area (Å²) in [5, 5.41) is 0. The van der Waals surface area contributed by atoms with E-state index in [-0.39, 0.29) is 24.7 Å². The molecule has 1 aliphatic rings. The van der Waals surface area contributed by atoms with E-state index in [2.05, 4.69) is 20.9 Å². The lowest BCUT2D eigenvalue weighted by molar-refractivity contribution is 0.0518. The van der Waals surface area contributed by atoms with Gasteiger partial charge in [0.15, 0.2) is 5.69 Å². The highest BCUT2D eigenvalue weighted by Gasteiger charge is 2.26. The van der Waals surface area contributed by atoms with Crippen LogP contribution in [-0.4, -0.2) is 27.8 Å². The summed E-state index contributed by atoms with van der Waals surface area (Å²) in [6.45, 7) is 2.23. The van der Waals surface area contributed by atoms with Gasteiger partial charge in [-0.15, -0.1) is 0 Å². The Morgan fingerprint density at radius 2 is 2.07 bits per heavy atom. The summed E-state index contributed by atoms with van der Waals surface area (Å²) in [6, 6.07) is 12.1. The van der Waals surface area contributed by atoms with Gasteiger partial charge in [-0.3, -0.25) is 9.56 Å². The zero-order chi connectivity index (χ0) is 19.0. The van der Waals surface area contributed by atoms with Crippen molar-refractivity contribution in [3.05, 3.63) is 81.6 Å². The molecule has 0 fully saturated rings. The molecular formula is C20H15BrFN3O2. The zero-order valence-corrected chi connectivity index (χ0v) is 16.0. The second kappa shape index (κ2) is 7.08. The highest BCUT2D eigenvalue weighted by atomic mass is 79.9. The van der Waals surface area contributed by atoms with Crippen LogP contribution in [0.3, 0.4) is 0 Å². The van der Waals surface area contributed by atoms with Crippen LogP contribution in [0.25, 0.3) is 5.69 Å². The Bertz CT molecular complexity index is 1070. The highest BCUT2D eigenvalue weighted by molar-refractivity contribution is 9.10. The van der Waals surface area contributed by atoms with E-state index in [4.69, 9.17) is 9.73 Å². The monoisotopic (exact) mass is 427 g/mol. The Balaban J connectivity index is 1.94. The topological polar surface area (TPSA) is 56.5 Å². The fourth-order valence-corrected chi connectivity index (χ4v) is 3.61. The van der Waals surface area contributed by atoms with Crippen LogP contribution in [0, 0.1) is 5.82 Å². The summed E-state index contributed by atoms with van der Waals surface area (Å²) in [5.74, 6) is -0.850. The van der Waals surface area contributed by atoms with Gasteiger partial charge >= 0.3 is 5.97 Å². The fraction of sp³-hybridized carbons (Fsp3) is 0.150. The number of fused-ring (bicyclic) bond motifs is 3. The first-order valence-corrected chi connectivity index (χ1v) is 9.22. The Morgan fingerprint density at radius 1 is 1.26 bits per heavy atom. The van der Waals surface area contributed by atoms with Crippen molar-refractivity contribution in [3.63, 3.8) is 0 Å². The molecule has 0 spiro atoms. The molecule has 0 unspecified atom stereocenters. The molecule has 0 saturated heterocycles. The van der Waals surface area contributed by atoms with Crippen LogP contribution in [0.4, 0.5) is 4.39 Å². The third-order valence-corrected chi connectivity index (χ3v) is 5.02. The molecule has 0 saturated carbocycles. The third kappa shape index (κ3) is 3.08. The maximum Gasteiger partial charge on any atom is 0.358 e. The van der Waals surface area contributed by atoms with E-state index in [1.165, 1.54) is 12.1 Å². The largest absolute Gasteiger partial charge is 0.461 e. The van der Waals surface area contributed by atoms with Crippen molar-refractivity contribution in [3.8, 4) is 5.69 Å². The lowest BCUT2D eigenvalue weighted by atomic mass is 10.0. The van der Waals surface area contributed by atoms with Crippen molar-refractivity contribution in [2.75, 3.05) is 6.61 Å². The second-order valence-electron chi connectivity index (χ2n) is 5.94. The number of aromatic nitrogens is 2. The zero-order valence-electron chi connectivity index (χ0n) is 14.4. The minimum absolute atomic E-state index is 0.223. The maximum absolute atomic E-state index is 14.1. The molecule has 2 aromatic carbocycles. The number of rotatable bonds is 3. The fourth-order valence-electron chi connectivity index (χ4n) is 3.13. The van der Waals surface area contributed by atoms with Crippen LogP contribution in [0.15, 0.2) is 58.3 Å². The molecular weight excluding hydrogens is 413 g/mol. The Morgan fingerprint density at radius 3 is 2.85 bits per heavy atom. The molecule has 7 heteroatoms. The number of imidazole rings is 1. The van der Waals surface area contributed by atoms with E-state index in [1.807, 2.05) is 24.3 Å². The number of ether oxygens (including phenoxy) is 1. The second-order valence-corrected chi connectivity index (χ2v) is 6.79. The standard InChI is InChI=1S/C20H15BrFN3O2/c1-2-27-20(26)19-17-10-23-18(13-5-3-4-6-15(13)21)14-9-12(22)7-8-16(14)25(17)11-24-19/h3-9,11H,2,10H2,1H3. The van der Waals surface area contributed by atoms with Crippen LogP contribution in [0.1, 0.15) is 34.2 Å². The van der Waals surface area contributed by atoms with Crippen LogP contribution in [-0.2, 0) is 11.3 Å². The maximum atomic E-state index is 14.1. The van der Waals surface area contributed by atoms with Gasteiger partial charge in [0.05, 0.1) is 30.2 Å². The predicted molar refractivity (Wildman–Crippen MR) is 103 cm³/mol. The summed E-state index contributed by atoms with van der Waals surface area (Å²) in [5.41, 5.74) is 3.68. The molecule has 5 nitrogen and oxygen atoms in total. The molecule has 0 bridgehead atoms. The van der Waals surface area contributed by atoms with Crippen molar-refractivity contribution in [2.24, 2.45) is 4.99 Å². The van der Waals surface area contributed by atoms with Gasteiger partial charge in [0.25, 0.3) is 0 Å². The molecule has 0 radical (unpaired) electrons. The number of nitrogens with zero attached hydrogens (tertiary/aromatic N) is 3. The van der Waals surface area contributed by atoms with E-state index in [0.717, 1.165) is 10.0 Å². The molecule has 0 amide bonds. The summed E-state index contributed by atoms with van der Waals surface area (Å²) < 4.78 is 21.8. The minimum Gasteiger partial charge on any atom is -0.461 e. The van der Waals surface area contributed by atoms with E-state index >= 15 is 0 Å². The number of hydrogen-bond acceptors (Lipinski definition) is 4. The molecule has 4 rings (SSSR count). The Labute approximate surface area is 163 Å². The molecule has 1 aromatic heterocycles. The summed E-state index contributed by atoms with van der Waals surface area (Å²) in [7, 11) is 0. The minimum atomic E-state index is -0.491. The number of hydrogen-bond donors (Lipinski definition) is 0. The van der Waals surface area contributed by atoms with E-state index in [0.29, 0.717) is 22.7 Å². The van der Waals surface area contributed by atoms with Crippen LogP contribution in [0.2, 0.25) is 0 Å². The average molecular weight is 428 g/mol. The highest BCUT2D eigenvalue weighted by Crippen LogP contribution is 2.29. The van der Waals surface area contributed by atoms with Gasteiger partial charge in [0.2, 0.25) is 0 Å². The van der Waals surface area contributed by atoms with E-state index < -0.39 is 5.97 Å². The molecule has 0 aliphatic carbocycles. The number of aliphatic imine (C=N–C) groups is 1. The normalized spacial score (nSPS) is 12.6. The number of carbonyl (C=O) groups excluding carboxylic acids is 1. The first-order valence-electron chi connectivity index (χ1n) is 8.43. The number of carbonyl (C=O) groups is 1. The molecule has 27 heavy (non-hydrogen) atoms. The predicted octanol–water partition coefficient (Wildman–Crippen LogP) is 4.30. The molecule has 0 atom stereocenters. The van der Waals surface area contributed by atoms with Gasteiger partial charge in [0, 0.05) is 15.6 Å². The molecule has 136 valence electrons. The van der Waals surface area contributed by atoms with Crippen LogP contribution < -0.4 is 0 Å². The van der Waals surface area contributed by atoms with Crippen molar-refractivity contribution < 1.29 is 13.9 Å². The lowest BCUT2D eigenvalue weighted by Gasteiger charge is -2.12. The third-order valence-electron chi connectivity index (χ3n) is 4.32. The summed E-state index contributed by atoms with van der Waals surface area (Å²) in [4.78, 5) is 21.2. The van der Waals surface area contributed by atoms with Crippen molar-refractivity contribution in [1.29, 1.82) is 0 Å². The van der Waals surface area contributed by atoms with Gasteiger partial charge in [-0.1, -0.05) is 34.1 Å². The summed E-state index contributed by atoms with van der Waals surface area (Å²) in [6.07, 6.45) is 1.55. The number of esters is 1. The molecule has 2 heterocycles. The van der Waals surface area contributed by atoms with Crippen molar-refractivity contribution in [2.45, 2.75) is 13.5 Å². The molecule has 3 aromatic rings. The quantitative estimate of drug-likeness (QED) is 0.585. The van der Waals surface area contributed by atoms with Gasteiger partial charge in [-0.05, 0) is 31.2 Å². The lowest BCUT2D eigenvalue weighted by Crippen LogP contribution is -2.09. The van der Waals surface area contributed by atoms with E-state index in [9.17, 15) is 9.18 Å².